The van der Waals surface area contributed by atoms with Crippen molar-refractivity contribution in [2.45, 2.75) is 12.6 Å². The second kappa shape index (κ2) is 6.69. The highest BCUT2D eigenvalue weighted by Gasteiger charge is 2.30. The number of nitrogens with one attached hydrogen (secondary N) is 1. The molecule has 1 aliphatic rings. The second-order valence-electron chi connectivity index (χ2n) is 5.30. The lowest BCUT2D eigenvalue weighted by atomic mass is 10.1. The van der Waals surface area contributed by atoms with Crippen molar-refractivity contribution in [2.24, 2.45) is 0 Å². The van der Waals surface area contributed by atoms with E-state index in [9.17, 15) is 4.79 Å². The Morgan fingerprint density at radius 2 is 2.09 bits per heavy atom. The Bertz CT molecular complexity index is 736. The molecule has 1 atom stereocenters. The molecule has 120 valence electrons. The molecular weight excluding hydrogens is 335 g/mol. The number of fused-ring (bicyclic) bond motifs is 1. The van der Waals surface area contributed by atoms with Crippen molar-refractivity contribution in [3.8, 4) is 5.75 Å². The van der Waals surface area contributed by atoms with Crippen molar-refractivity contribution in [3.63, 3.8) is 0 Å². The zero-order chi connectivity index (χ0) is 16.4. The summed E-state index contributed by atoms with van der Waals surface area (Å²) < 4.78 is 5.79. The zero-order valence-corrected chi connectivity index (χ0v) is 14.1. The average Bonchev–Trinajstić information content (AvgIpc) is 2.56. The van der Waals surface area contributed by atoms with E-state index in [1.165, 1.54) is 0 Å². The van der Waals surface area contributed by atoms with Gasteiger partial charge in [-0.1, -0.05) is 41.4 Å². The molecule has 6 heteroatoms. The molecule has 0 saturated heterocycles. The monoisotopic (exact) mass is 350 g/mol. The van der Waals surface area contributed by atoms with Gasteiger partial charge in [0.05, 0.1) is 12.2 Å². The first-order valence-corrected chi connectivity index (χ1v) is 8.00. The zero-order valence-electron chi connectivity index (χ0n) is 12.6. The fourth-order valence-corrected chi connectivity index (χ4v) is 3.08. The Balaban J connectivity index is 1.91. The summed E-state index contributed by atoms with van der Waals surface area (Å²) in [7, 11) is 1.60. The molecule has 0 spiro atoms. The molecule has 0 bridgehead atoms. The number of benzene rings is 2. The van der Waals surface area contributed by atoms with Gasteiger partial charge in [-0.25, -0.2) is 0 Å². The molecule has 2 aromatic carbocycles. The van der Waals surface area contributed by atoms with Crippen LogP contribution in [0.2, 0.25) is 10.0 Å². The van der Waals surface area contributed by atoms with Gasteiger partial charge in [-0.2, -0.15) is 0 Å². The van der Waals surface area contributed by atoms with Crippen LogP contribution in [0.15, 0.2) is 42.5 Å². The standard InChI is InChI=1S/C17H16Cl2N2O2/c1-20-17(22)16-10-21(14-4-2-3-5-15(14)23-16)9-11-6-7-12(18)8-13(11)19/h2-8,16H,9-10H2,1H3,(H,20,22)/t16-/m1/s1. The number of carbonyl (C=O) groups excluding carboxylic acids is 1. The number of nitrogens with zero attached hydrogens (tertiary/aromatic N) is 1. The van der Waals surface area contributed by atoms with E-state index < -0.39 is 6.10 Å². The first-order chi connectivity index (χ1) is 11.1. The number of carbonyl (C=O) groups is 1. The van der Waals surface area contributed by atoms with Crippen LogP contribution in [0.3, 0.4) is 0 Å². The van der Waals surface area contributed by atoms with E-state index in [4.69, 9.17) is 27.9 Å². The molecule has 0 fully saturated rings. The van der Waals surface area contributed by atoms with E-state index >= 15 is 0 Å². The minimum absolute atomic E-state index is 0.147. The number of amides is 1. The number of hydrogen-bond donors (Lipinski definition) is 1. The van der Waals surface area contributed by atoms with Gasteiger partial charge in [0.25, 0.3) is 5.91 Å². The molecule has 1 aliphatic heterocycles. The fraction of sp³-hybridized carbons (Fsp3) is 0.235. The minimum Gasteiger partial charge on any atom is -0.477 e. The summed E-state index contributed by atoms with van der Waals surface area (Å²) in [6.07, 6.45) is -0.555. The largest absolute Gasteiger partial charge is 0.477 e. The van der Waals surface area contributed by atoms with Gasteiger partial charge < -0.3 is 15.0 Å². The van der Waals surface area contributed by atoms with Crippen LogP contribution in [-0.2, 0) is 11.3 Å². The van der Waals surface area contributed by atoms with Crippen molar-refractivity contribution in [1.29, 1.82) is 0 Å². The van der Waals surface area contributed by atoms with Crippen molar-refractivity contribution < 1.29 is 9.53 Å². The molecule has 3 rings (SSSR count). The number of halogens is 2. The third-order valence-corrected chi connectivity index (χ3v) is 4.36. The van der Waals surface area contributed by atoms with Gasteiger partial charge in [0.15, 0.2) is 6.10 Å². The molecule has 2 aromatic rings. The summed E-state index contributed by atoms with van der Waals surface area (Å²) in [6.45, 7) is 1.03. The molecule has 0 aromatic heterocycles. The minimum atomic E-state index is -0.555. The van der Waals surface area contributed by atoms with E-state index in [-0.39, 0.29) is 5.91 Å². The van der Waals surface area contributed by atoms with Crippen LogP contribution < -0.4 is 15.0 Å². The van der Waals surface area contributed by atoms with E-state index in [1.807, 2.05) is 36.4 Å². The van der Waals surface area contributed by atoms with Crippen molar-refractivity contribution in [1.82, 2.24) is 5.32 Å². The third kappa shape index (κ3) is 3.38. The summed E-state index contributed by atoms with van der Waals surface area (Å²) in [5, 5.41) is 3.85. The van der Waals surface area contributed by atoms with Gasteiger partial charge in [0, 0.05) is 23.6 Å². The van der Waals surface area contributed by atoms with Crippen LogP contribution >= 0.6 is 23.2 Å². The Hall–Kier alpha value is -1.91. The lowest BCUT2D eigenvalue weighted by Gasteiger charge is -2.35. The van der Waals surface area contributed by atoms with Gasteiger partial charge in [-0.05, 0) is 29.8 Å². The molecular formula is C17H16Cl2N2O2. The number of ether oxygens (including phenoxy) is 1. The van der Waals surface area contributed by atoms with Crippen LogP contribution in [0, 0.1) is 0 Å². The quantitative estimate of drug-likeness (QED) is 0.920. The normalized spacial score (nSPS) is 16.5. The van der Waals surface area contributed by atoms with Crippen molar-refractivity contribution >= 4 is 34.8 Å². The number of rotatable bonds is 3. The predicted molar refractivity (Wildman–Crippen MR) is 92.4 cm³/mol. The van der Waals surface area contributed by atoms with E-state index in [0.717, 1.165) is 11.3 Å². The van der Waals surface area contributed by atoms with Crippen LogP contribution in [-0.4, -0.2) is 25.6 Å². The summed E-state index contributed by atoms with van der Waals surface area (Å²) in [4.78, 5) is 14.1. The predicted octanol–water partition coefficient (Wildman–Crippen LogP) is 3.51. The maximum absolute atomic E-state index is 12.0. The summed E-state index contributed by atoms with van der Waals surface area (Å²) in [6, 6.07) is 13.1. The molecule has 1 heterocycles. The lowest BCUT2D eigenvalue weighted by Crippen LogP contribution is -2.47. The highest BCUT2D eigenvalue weighted by molar-refractivity contribution is 6.35. The number of hydrogen-bond acceptors (Lipinski definition) is 3. The summed E-state index contributed by atoms with van der Waals surface area (Å²) in [5.41, 5.74) is 1.89. The Labute approximate surface area is 144 Å². The SMILES string of the molecule is CNC(=O)[C@H]1CN(Cc2ccc(Cl)cc2Cl)c2ccccc2O1. The highest BCUT2D eigenvalue weighted by atomic mass is 35.5. The molecule has 0 radical (unpaired) electrons. The van der Waals surface area contributed by atoms with E-state index in [2.05, 4.69) is 10.2 Å². The van der Waals surface area contributed by atoms with Gasteiger partial charge in [0.1, 0.15) is 5.75 Å². The number of anilines is 1. The summed E-state index contributed by atoms with van der Waals surface area (Å²) in [5.74, 6) is 0.546. The van der Waals surface area contributed by atoms with Gasteiger partial charge >= 0.3 is 0 Å². The number of likely N-dealkylation sites (N-methyl/N-ethyl adjacent to an activating group) is 1. The van der Waals surface area contributed by atoms with Crippen LogP contribution in [0.4, 0.5) is 5.69 Å². The molecule has 0 unspecified atom stereocenters. The smallest absolute Gasteiger partial charge is 0.262 e. The van der Waals surface area contributed by atoms with Crippen molar-refractivity contribution in [3.05, 3.63) is 58.1 Å². The van der Waals surface area contributed by atoms with Crippen LogP contribution in [0.1, 0.15) is 5.56 Å². The van der Waals surface area contributed by atoms with Gasteiger partial charge in [-0.3, -0.25) is 4.79 Å². The van der Waals surface area contributed by atoms with Gasteiger partial charge in [0.2, 0.25) is 0 Å². The summed E-state index contributed by atoms with van der Waals surface area (Å²) >= 11 is 12.2. The molecule has 4 nitrogen and oxygen atoms in total. The Kier molecular flexibility index (Phi) is 4.64. The molecule has 23 heavy (non-hydrogen) atoms. The lowest BCUT2D eigenvalue weighted by molar-refractivity contribution is -0.127. The van der Waals surface area contributed by atoms with E-state index in [0.29, 0.717) is 28.9 Å². The Morgan fingerprint density at radius 3 is 2.83 bits per heavy atom. The molecule has 0 aliphatic carbocycles. The fourth-order valence-electron chi connectivity index (χ4n) is 2.61. The number of para-hydroxylation sites is 2. The van der Waals surface area contributed by atoms with Gasteiger partial charge in [-0.15, -0.1) is 0 Å². The second-order valence-corrected chi connectivity index (χ2v) is 6.15. The first-order valence-electron chi connectivity index (χ1n) is 7.24. The third-order valence-electron chi connectivity index (χ3n) is 3.78. The maximum Gasteiger partial charge on any atom is 0.262 e. The first kappa shape index (κ1) is 16.0. The van der Waals surface area contributed by atoms with E-state index in [1.54, 1.807) is 13.1 Å². The van der Waals surface area contributed by atoms with Crippen LogP contribution in [0.25, 0.3) is 0 Å². The molecule has 0 saturated carbocycles. The average molecular weight is 351 g/mol. The van der Waals surface area contributed by atoms with Crippen LogP contribution in [0.5, 0.6) is 5.75 Å². The Morgan fingerprint density at radius 1 is 1.30 bits per heavy atom. The molecule has 1 N–H and O–H groups in total. The van der Waals surface area contributed by atoms with Crippen molar-refractivity contribution in [2.75, 3.05) is 18.5 Å². The molecule has 1 amide bonds. The topological polar surface area (TPSA) is 41.6 Å². The maximum atomic E-state index is 12.0. The highest BCUT2D eigenvalue weighted by Crippen LogP contribution is 2.35.